The van der Waals surface area contributed by atoms with E-state index in [9.17, 15) is 13.2 Å². The van der Waals surface area contributed by atoms with Gasteiger partial charge in [0.25, 0.3) is 5.92 Å². The molecular weight excluding hydrogens is 195 g/mol. The summed E-state index contributed by atoms with van der Waals surface area (Å²) in [5.74, 6) is -3.86. The number of aromatic hydroxyl groups is 1. The molecule has 0 aliphatic heterocycles. The van der Waals surface area contributed by atoms with Gasteiger partial charge in [0.15, 0.2) is 6.17 Å². The van der Waals surface area contributed by atoms with E-state index < -0.39 is 18.6 Å². The Morgan fingerprint density at radius 1 is 1.43 bits per heavy atom. The van der Waals surface area contributed by atoms with Crippen molar-refractivity contribution >= 4 is 0 Å². The summed E-state index contributed by atoms with van der Waals surface area (Å²) >= 11 is 0. The van der Waals surface area contributed by atoms with Crippen molar-refractivity contribution in [2.45, 2.75) is 12.1 Å². The molecule has 0 aliphatic rings. The fraction of sp³-hybridized carbons (Fsp3) is 0.333. The Labute approximate surface area is 79.2 Å². The van der Waals surface area contributed by atoms with Crippen molar-refractivity contribution in [2.75, 3.05) is 6.54 Å². The first-order chi connectivity index (χ1) is 6.47. The molecule has 5 heteroatoms. The van der Waals surface area contributed by atoms with Crippen molar-refractivity contribution in [3.63, 3.8) is 0 Å². The summed E-state index contributed by atoms with van der Waals surface area (Å²) < 4.78 is 38.7. The lowest BCUT2D eigenvalue weighted by atomic mass is 10.0. The van der Waals surface area contributed by atoms with Gasteiger partial charge in [0.2, 0.25) is 0 Å². The average molecular weight is 205 g/mol. The molecule has 78 valence electrons. The molecule has 3 N–H and O–H groups in total. The third-order valence-corrected chi connectivity index (χ3v) is 1.81. The minimum Gasteiger partial charge on any atom is -0.508 e. The summed E-state index contributed by atoms with van der Waals surface area (Å²) in [5.41, 5.74) is 4.45. The first-order valence-electron chi connectivity index (χ1n) is 3.98. The third kappa shape index (κ3) is 2.17. The fourth-order valence-corrected chi connectivity index (χ4v) is 1.03. The predicted molar refractivity (Wildman–Crippen MR) is 46.0 cm³/mol. The molecule has 0 saturated carbocycles. The Kier molecular flexibility index (Phi) is 3.00. The second-order valence-electron chi connectivity index (χ2n) is 2.92. The monoisotopic (exact) mass is 205 g/mol. The predicted octanol–water partition coefficient (Wildman–Crippen LogP) is 2.00. The van der Waals surface area contributed by atoms with Gasteiger partial charge in [-0.1, -0.05) is 12.1 Å². The van der Waals surface area contributed by atoms with Crippen LogP contribution >= 0.6 is 0 Å². The topological polar surface area (TPSA) is 46.2 Å². The summed E-state index contributed by atoms with van der Waals surface area (Å²) in [6.07, 6.45) is -2.49. The van der Waals surface area contributed by atoms with E-state index >= 15 is 0 Å². The zero-order chi connectivity index (χ0) is 10.8. The van der Waals surface area contributed by atoms with Crippen LogP contribution in [0.25, 0.3) is 0 Å². The first kappa shape index (κ1) is 10.8. The number of halogens is 3. The number of benzene rings is 1. The van der Waals surface area contributed by atoms with E-state index in [0.717, 1.165) is 6.07 Å². The van der Waals surface area contributed by atoms with E-state index in [2.05, 4.69) is 0 Å². The van der Waals surface area contributed by atoms with Gasteiger partial charge in [-0.15, -0.1) is 0 Å². The van der Waals surface area contributed by atoms with Crippen LogP contribution in [0.5, 0.6) is 5.75 Å². The summed E-state index contributed by atoms with van der Waals surface area (Å²) in [4.78, 5) is 0. The minimum absolute atomic E-state index is 0.252. The van der Waals surface area contributed by atoms with E-state index in [4.69, 9.17) is 10.8 Å². The summed E-state index contributed by atoms with van der Waals surface area (Å²) in [5, 5.41) is 8.96. The highest BCUT2D eigenvalue weighted by molar-refractivity contribution is 5.29. The van der Waals surface area contributed by atoms with Crippen LogP contribution in [0.2, 0.25) is 0 Å². The van der Waals surface area contributed by atoms with Crippen molar-refractivity contribution in [1.82, 2.24) is 0 Å². The van der Waals surface area contributed by atoms with Gasteiger partial charge in [0.1, 0.15) is 5.75 Å². The lowest BCUT2D eigenvalue weighted by Crippen LogP contribution is -2.32. The number of nitrogens with two attached hydrogens (primary N) is 1. The van der Waals surface area contributed by atoms with E-state index in [-0.39, 0.29) is 11.3 Å². The number of alkyl halides is 3. The Balaban J connectivity index is 2.94. The van der Waals surface area contributed by atoms with Gasteiger partial charge in [-0.25, -0.2) is 13.2 Å². The third-order valence-electron chi connectivity index (χ3n) is 1.81. The number of phenols is 1. The minimum atomic E-state index is -3.60. The molecule has 1 unspecified atom stereocenters. The van der Waals surface area contributed by atoms with E-state index in [1.54, 1.807) is 0 Å². The zero-order valence-corrected chi connectivity index (χ0v) is 7.25. The number of rotatable bonds is 3. The molecule has 0 fully saturated rings. The average Bonchev–Trinajstić information content (AvgIpc) is 2.16. The SMILES string of the molecule is NCC(F)(F)C(F)c1cccc(O)c1. The quantitative estimate of drug-likeness (QED) is 0.792. The second kappa shape index (κ2) is 3.88. The van der Waals surface area contributed by atoms with Gasteiger partial charge in [-0.05, 0) is 17.7 Å². The Hall–Kier alpha value is -1.23. The number of hydrogen-bond donors (Lipinski definition) is 2. The molecule has 0 amide bonds. The van der Waals surface area contributed by atoms with Crippen molar-refractivity contribution in [3.05, 3.63) is 29.8 Å². The molecule has 0 aliphatic carbocycles. The molecule has 1 aromatic carbocycles. The van der Waals surface area contributed by atoms with Crippen LogP contribution in [0, 0.1) is 0 Å². The maximum absolute atomic E-state index is 13.2. The molecule has 0 heterocycles. The van der Waals surface area contributed by atoms with Gasteiger partial charge < -0.3 is 10.8 Å². The maximum atomic E-state index is 13.2. The van der Waals surface area contributed by atoms with E-state index in [1.165, 1.54) is 18.2 Å². The van der Waals surface area contributed by atoms with Gasteiger partial charge >= 0.3 is 0 Å². The smallest absolute Gasteiger partial charge is 0.294 e. The molecule has 0 radical (unpaired) electrons. The molecule has 0 aromatic heterocycles. The standard InChI is InChI=1S/C9H10F3NO/c10-8(9(11,12)5-13)6-2-1-3-7(14)4-6/h1-4,8,14H,5,13H2. The summed E-state index contributed by atoms with van der Waals surface area (Å²) in [6.45, 7) is -1.07. The normalized spacial score (nSPS) is 14.0. The highest BCUT2D eigenvalue weighted by atomic mass is 19.3. The van der Waals surface area contributed by atoms with E-state index in [1.807, 2.05) is 0 Å². The molecule has 1 atom stereocenters. The van der Waals surface area contributed by atoms with Crippen molar-refractivity contribution in [1.29, 1.82) is 0 Å². The van der Waals surface area contributed by atoms with Gasteiger partial charge in [0.05, 0.1) is 6.54 Å². The molecular formula is C9H10F3NO. The zero-order valence-electron chi connectivity index (χ0n) is 7.25. The van der Waals surface area contributed by atoms with Crippen molar-refractivity contribution in [3.8, 4) is 5.75 Å². The fourth-order valence-electron chi connectivity index (χ4n) is 1.03. The Morgan fingerprint density at radius 2 is 2.07 bits per heavy atom. The molecule has 0 spiro atoms. The molecule has 0 saturated heterocycles. The number of hydrogen-bond acceptors (Lipinski definition) is 2. The first-order valence-corrected chi connectivity index (χ1v) is 3.98. The van der Waals surface area contributed by atoms with Crippen LogP contribution in [-0.2, 0) is 0 Å². The van der Waals surface area contributed by atoms with Crippen molar-refractivity contribution < 1.29 is 18.3 Å². The molecule has 0 bridgehead atoms. The second-order valence-corrected chi connectivity index (χ2v) is 2.92. The van der Waals surface area contributed by atoms with Crippen LogP contribution < -0.4 is 5.73 Å². The lowest BCUT2D eigenvalue weighted by Gasteiger charge is -2.18. The van der Waals surface area contributed by atoms with Gasteiger partial charge in [-0.3, -0.25) is 0 Å². The van der Waals surface area contributed by atoms with Crippen LogP contribution in [0.3, 0.4) is 0 Å². The Morgan fingerprint density at radius 3 is 2.57 bits per heavy atom. The Bertz CT molecular complexity index is 317. The van der Waals surface area contributed by atoms with Crippen LogP contribution in [0.4, 0.5) is 13.2 Å². The maximum Gasteiger partial charge on any atom is 0.294 e. The number of phenolic OH excluding ortho intramolecular Hbond substituents is 1. The lowest BCUT2D eigenvalue weighted by molar-refractivity contribution is -0.0651. The van der Waals surface area contributed by atoms with Crippen molar-refractivity contribution in [2.24, 2.45) is 5.73 Å². The molecule has 1 rings (SSSR count). The van der Waals surface area contributed by atoms with Gasteiger partial charge in [0, 0.05) is 0 Å². The highest BCUT2D eigenvalue weighted by Crippen LogP contribution is 2.34. The highest BCUT2D eigenvalue weighted by Gasteiger charge is 2.39. The van der Waals surface area contributed by atoms with E-state index in [0.29, 0.717) is 0 Å². The van der Waals surface area contributed by atoms with Crippen LogP contribution in [-0.4, -0.2) is 17.6 Å². The summed E-state index contributed by atoms with van der Waals surface area (Å²) in [7, 11) is 0. The van der Waals surface area contributed by atoms with Crippen LogP contribution in [0.1, 0.15) is 11.7 Å². The molecule has 14 heavy (non-hydrogen) atoms. The molecule has 1 aromatic rings. The molecule has 2 nitrogen and oxygen atoms in total. The summed E-state index contributed by atoms with van der Waals surface area (Å²) in [6, 6.07) is 4.70. The largest absolute Gasteiger partial charge is 0.508 e. The van der Waals surface area contributed by atoms with Crippen LogP contribution in [0.15, 0.2) is 24.3 Å². The van der Waals surface area contributed by atoms with Gasteiger partial charge in [-0.2, -0.15) is 0 Å².